The van der Waals surface area contributed by atoms with Crippen LogP contribution in [0.15, 0.2) is 30.6 Å². The molecule has 1 aromatic carbocycles. The highest BCUT2D eigenvalue weighted by Crippen LogP contribution is 2.36. The zero-order valence-electron chi connectivity index (χ0n) is 13.1. The Morgan fingerprint density at radius 1 is 1.32 bits per heavy atom. The van der Waals surface area contributed by atoms with Gasteiger partial charge in [-0.1, -0.05) is 0 Å². The highest BCUT2D eigenvalue weighted by atomic mass is 16.1. The number of rotatable bonds is 5. The molecule has 5 nitrogen and oxygen atoms in total. The highest BCUT2D eigenvalue weighted by molar-refractivity contribution is 5.90. The molecule has 0 spiro atoms. The summed E-state index contributed by atoms with van der Waals surface area (Å²) < 4.78 is 2.03. The number of anilines is 1. The molecule has 3 N–H and O–H groups in total. The zero-order valence-corrected chi connectivity index (χ0v) is 13.1. The van der Waals surface area contributed by atoms with Crippen molar-refractivity contribution >= 4 is 11.6 Å². The average Bonchev–Trinajstić information content (AvgIpc) is 3.16. The molecule has 0 atom stereocenters. The van der Waals surface area contributed by atoms with Gasteiger partial charge in [0.1, 0.15) is 0 Å². The summed E-state index contributed by atoms with van der Waals surface area (Å²) in [5.41, 5.74) is 9.92. The van der Waals surface area contributed by atoms with E-state index in [4.69, 9.17) is 5.73 Å². The zero-order chi connectivity index (χ0) is 15.7. The number of hydrogen-bond donors (Lipinski definition) is 2. The normalized spacial score (nSPS) is 15.6. The number of nitrogens with zero attached hydrogens (tertiary/aromatic N) is 2. The Morgan fingerprint density at radius 2 is 2.00 bits per heavy atom. The van der Waals surface area contributed by atoms with E-state index in [2.05, 4.69) is 10.3 Å². The van der Waals surface area contributed by atoms with Gasteiger partial charge in [-0.05, 0) is 57.4 Å². The molecule has 116 valence electrons. The van der Waals surface area contributed by atoms with E-state index < -0.39 is 0 Å². The first-order valence-corrected chi connectivity index (χ1v) is 7.67. The van der Waals surface area contributed by atoms with E-state index >= 15 is 0 Å². The van der Waals surface area contributed by atoms with Crippen LogP contribution >= 0.6 is 0 Å². The summed E-state index contributed by atoms with van der Waals surface area (Å²) in [5, 5.41) is 2.92. The van der Waals surface area contributed by atoms with Crippen molar-refractivity contribution in [3.8, 4) is 5.69 Å². The summed E-state index contributed by atoms with van der Waals surface area (Å²) in [6.45, 7) is 4.03. The molecular weight excluding hydrogens is 276 g/mol. The lowest BCUT2D eigenvalue weighted by Crippen LogP contribution is -2.24. The van der Waals surface area contributed by atoms with Gasteiger partial charge in [0.2, 0.25) is 5.91 Å². The second kappa shape index (κ2) is 5.57. The second-order valence-electron chi connectivity index (χ2n) is 6.24. The number of nitrogens with two attached hydrogens (primary N) is 1. The van der Waals surface area contributed by atoms with Crippen LogP contribution in [0.4, 0.5) is 5.69 Å². The number of benzene rings is 1. The number of carbonyl (C=O) groups excluding carboxylic acids is 1. The van der Waals surface area contributed by atoms with Crippen molar-refractivity contribution in [2.24, 2.45) is 5.73 Å². The van der Waals surface area contributed by atoms with Gasteiger partial charge >= 0.3 is 0 Å². The standard InChI is InChI=1S/C17H22N4O/c1-12-13(2)21(11-19-12)15-5-3-14(4-6-15)20-16(22)7-8-17(18)9-10-17/h3-6,11H,7-10,18H2,1-2H3,(H,20,22). The molecule has 1 aromatic heterocycles. The molecule has 0 aliphatic heterocycles. The molecule has 0 bridgehead atoms. The molecule has 0 saturated heterocycles. The van der Waals surface area contributed by atoms with Crippen molar-refractivity contribution in [3.63, 3.8) is 0 Å². The van der Waals surface area contributed by atoms with Crippen LogP contribution in [0.25, 0.3) is 5.69 Å². The van der Waals surface area contributed by atoms with Crippen LogP contribution in [0.3, 0.4) is 0 Å². The van der Waals surface area contributed by atoms with Gasteiger partial charge in [0, 0.05) is 29.0 Å². The molecule has 2 aromatic rings. The molecule has 0 radical (unpaired) electrons. The van der Waals surface area contributed by atoms with E-state index in [1.807, 2.05) is 49.0 Å². The summed E-state index contributed by atoms with van der Waals surface area (Å²) in [6, 6.07) is 7.79. The molecule has 22 heavy (non-hydrogen) atoms. The third-order valence-electron chi connectivity index (χ3n) is 4.42. The predicted octanol–water partition coefficient (Wildman–Crippen LogP) is 2.70. The Labute approximate surface area is 130 Å². The maximum atomic E-state index is 11.9. The molecule has 1 aliphatic rings. The van der Waals surface area contributed by atoms with Crippen molar-refractivity contribution in [2.75, 3.05) is 5.32 Å². The Bertz CT molecular complexity index is 683. The van der Waals surface area contributed by atoms with E-state index in [9.17, 15) is 4.79 Å². The molecule has 5 heteroatoms. The monoisotopic (exact) mass is 298 g/mol. The quantitative estimate of drug-likeness (QED) is 0.891. The van der Waals surface area contributed by atoms with Crippen LogP contribution in [-0.2, 0) is 4.79 Å². The third-order valence-corrected chi connectivity index (χ3v) is 4.42. The summed E-state index contributed by atoms with van der Waals surface area (Å²) >= 11 is 0. The van der Waals surface area contributed by atoms with Crippen molar-refractivity contribution in [3.05, 3.63) is 42.0 Å². The molecule has 0 unspecified atom stereocenters. The van der Waals surface area contributed by atoms with Crippen LogP contribution < -0.4 is 11.1 Å². The molecular formula is C17H22N4O. The van der Waals surface area contributed by atoms with Gasteiger partial charge in [-0.15, -0.1) is 0 Å². The van der Waals surface area contributed by atoms with E-state index in [-0.39, 0.29) is 11.4 Å². The first-order valence-electron chi connectivity index (χ1n) is 7.67. The minimum atomic E-state index is -0.0714. The largest absolute Gasteiger partial charge is 0.326 e. The van der Waals surface area contributed by atoms with E-state index in [0.29, 0.717) is 6.42 Å². The van der Waals surface area contributed by atoms with Crippen molar-refractivity contribution in [1.29, 1.82) is 0 Å². The molecule has 1 fully saturated rings. The summed E-state index contributed by atoms with van der Waals surface area (Å²) in [7, 11) is 0. The maximum absolute atomic E-state index is 11.9. The molecule has 3 rings (SSSR count). The highest BCUT2D eigenvalue weighted by Gasteiger charge is 2.37. The SMILES string of the molecule is Cc1ncn(-c2ccc(NC(=O)CCC3(N)CC3)cc2)c1C. The smallest absolute Gasteiger partial charge is 0.224 e. The average molecular weight is 298 g/mol. The number of carbonyl (C=O) groups is 1. The first kappa shape index (κ1) is 14.8. The lowest BCUT2D eigenvalue weighted by atomic mass is 10.1. The minimum Gasteiger partial charge on any atom is -0.326 e. The predicted molar refractivity (Wildman–Crippen MR) is 87.1 cm³/mol. The lowest BCUT2D eigenvalue weighted by molar-refractivity contribution is -0.116. The van der Waals surface area contributed by atoms with Gasteiger partial charge in [0.25, 0.3) is 0 Å². The molecule has 1 amide bonds. The Kier molecular flexibility index (Phi) is 3.74. The van der Waals surface area contributed by atoms with Gasteiger partial charge in [0.05, 0.1) is 12.0 Å². The van der Waals surface area contributed by atoms with Gasteiger partial charge in [-0.2, -0.15) is 0 Å². The number of nitrogens with one attached hydrogen (secondary N) is 1. The number of hydrogen-bond acceptors (Lipinski definition) is 3. The molecule has 1 heterocycles. The molecule has 1 aliphatic carbocycles. The third kappa shape index (κ3) is 3.20. The topological polar surface area (TPSA) is 72.9 Å². The number of aryl methyl sites for hydroxylation is 1. The van der Waals surface area contributed by atoms with Gasteiger partial charge < -0.3 is 15.6 Å². The van der Waals surface area contributed by atoms with Crippen LogP contribution in [0.1, 0.15) is 37.1 Å². The van der Waals surface area contributed by atoms with Crippen molar-refractivity contribution in [1.82, 2.24) is 9.55 Å². The van der Waals surface area contributed by atoms with E-state index in [1.165, 1.54) is 0 Å². The second-order valence-corrected chi connectivity index (χ2v) is 6.24. The van der Waals surface area contributed by atoms with Gasteiger partial charge in [0.15, 0.2) is 0 Å². The molecule has 1 saturated carbocycles. The van der Waals surface area contributed by atoms with E-state index in [0.717, 1.165) is 42.0 Å². The number of imidazole rings is 1. The van der Waals surface area contributed by atoms with Crippen molar-refractivity contribution in [2.45, 2.75) is 45.1 Å². The summed E-state index contributed by atoms with van der Waals surface area (Å²) in [5.74, 6) is 0.0270. The number of amides is 1. The Morgan fingerprint density at radius 3 is 2.55 bits per heavy atom. The van der Waals surface area contributed by atoms with Gasteiger partial charge in [-0.25, -0.2) is 4.98 Å². The van der Waals surface area contributed by atoms with Crippen LogP contribution in [0.2, 0.25) is 0 Å². The van der Waals surface area contributed by atoms with Crippen LogP contribution in [0, 0.1) is 13.8 Å². The van der Waals surface area contributed by atoms with Crippen LogP contribution in [0.5, 0.6) is 0 Å². The fourth-order valence-corrected chi connectivity index (χ4v) is 2.46. The summed E-state index contributed by atoms with van der Waals surface area (Å²) in [4.78, 5) is 16.2. The minimum absolute atomic E-state index is 0.0270. The van der Waals surface area contributed by atoms with E-state index in [1.54, 1.807) is 0 Å². The Hall–Kier alpha value is -2.14. The van der Waals surface area contributed by atoms with Crippen LogP contribution in [-0.4, -0.2) is 21.0 Å². The van der Waals surface area contributed by atoms with Gasteiger partial charge in [-0.3, -0.25) is 4.79 Å². The fraction of sp³-hybridized carbons (Fsp3) is 0.412. The Balaban J connectivity index is 1.61. The fourth-order valence-electron chi connectivity index (χ4n) is 2.46. The first-order chi connectivity index (χ1) is 10.5. The van der Waals surface area contributed by atoms with Crippen molar-refractivity contribution < 1.29 is 4.79 Å². The lowest BCUT2D eigenvalue weighted by Gasteiger charge is -2.10. The maximum Gasteiger partial charge on any atom is 0.224 e. The summed E-state index contributed by atoms with van der Waals surface area (Å²) in [6.07, 6.45) is 5.15. The number of aromatic nitrogens is 2.